The van der Waals surface area contributed by atoms with Gasteiger partial charge >= 0.3 is 6.03 Å². The molecule has 0 radical (unpaired) electrons. The zero-order chi connectivity index (χ0) is 15.4. The number of carbonyl (C=O) groups excluding carboxylic acids is 2. The van der Waals surface area contributed by atoms with Crippen molar-refractivity contribution in [1.29, 1.82) is 0 Å². The minimum absolute atomic E-state index is 0.0491. The molecule has 114 valence electrons. The number of amides is 3. The maximum Gasteiger partial charge on any atom is 0.315 e. The molecular formula is C16H23N3O2. The van der Waals surface area contributed by atoms with E-state index in [1.165, 1.54) is 0 Å². The van der Waals surface area contributed by atoms with Crippen molar-refractivity contribution in [1.82, 2.24) is 10.6 Å². The summed E-state index contributed by atoms with van der Waals surface area (Å²) in [5, 5.41) is 5.67. The summed E-state index contributed by atoms with van der Waals surface area (Å²) in [6, 6.07) is 7.51. The number of benzene rings is 1. The van der Waals surface area contributed by atoms with E-state index in [9.17, 15) is 9.59 Å². The van der Waals surface area contributed by atoms with E-state index in [0.29, 0.717) is 25.4 Å². The second kappa shape index (κ2) is 6.61. The number of anilines is 1. The Bertz CT molecular complexity index is 511. The second-order valence-corrected chi connectivity index (χ2v) is 5.99. The van der Waals surface area contributed by atoms with Crippen molar-refractivity contribution >= 4 is 17.6 Å². The molecule has 2 rings (SSSR count). The van der Waals surface area contributed by atoms with Crippen LogP contribution >= 0.6 is 0 Å². The molecule has 21 heavy (non-hydrogen) atoms. The maximum absolute atomic E-state index is 12.1. The molecule has 5 nitrogen and oxygen atoms in total. The summed E-state index contributed by atoms with van der Waals surface area (Å²) in [6.07, 6.45) is 0.350. The van der Waals surface area contributed by atoms with Crippen LogP contribution in [0.15, 0.2) is 24.3 Å². The van der Waals surface area contributed by atoms with Crippen molar-refractivity contribution in [2.45, 2.75) is 33.2 Å². The third-order valence-electron chi connectivity index (χ3n) is 3.48. The lowest BCUT2D eigenvalue weighted by atomic mass is 10.2. The summed E-state index contributed by atoms with van der Waals surface area (Å²) in [5.41, 5.74) is 2.05. The highest BCUT2D eigenvalue weighted by Crippen LogP contribution is 2.21. The van der Waals surface area contributed by atoms with Crippen LogP contribution in [0.5, 0.6) is 0 Å². The highest BCUT2D eigenvalue weighted by atomic mass is 16.2. The van der Waals surface area contributed by atoms with Crippen LogP contribution in [0, 0.1) is 12.8 Å². The molecular weight excluding hydrogens is 266 g/mol. The first-order valence-electron chi connectivity index (χ1n) is 7.37. The van der Waals surface area contributed by atoms with Gasteiger partial charge in [0.25, 0.3) is 0 Å². The maximum atomic E-state index is 12.1. The molecule has 1 heterocycles. The van der Waals surface area contributed by atoms with Crippen LogP contribution in [-0.4, -0.2) is 31.1 Å². The Kier molecular flexibility index (Phi) is 4.83. The third kappa shape index (κ3) is 4.21. The largest absolute Gasteiger partial charge is 0.338 e. The number of rotatable bonds is 4. The van der Waals surface area contributed by atoms with Gasteiger partial charge in [-0.25, -0.2) is 4.79 Å². The average molecular weight is 289 g/mol. The van der Waals surface area contributed by atoms with E-state index >= 15 is 0 Å². The molecule has 0 spiro atoms. The van der Waals surface area contributed by atoms with E-state index in [4.69, 9.17) is 0 Å². The highest BCUT2D eigenvalue weighted by molar-refractivity contribution is 5.96. The van der Waals surface area contributed by atoms with E-state index in [1.54, 1.807) is 4.90 Å². The van der Waals surface area contributed by atoms with Gasteiger partial charge in [0.05, 0.1) is 6.04 Å². The monoisotopic (exact) mass is 289 g/mol. The van der Waals surface area contributed by atoms with Gasteiger partial charge in [-0.15, -0.1) is 0 Å². The van der Waals surface area contributed by atoms with Crippen LogP contribution < -0.4 is 15.5 Å². The van der Waals surface area contributed by atoms with Gasteiger partial charge in [0.2, 0.25) is 5.91 Å². The van der Waals surface area contributed by atoms with Crippen LogP contribution in [-0.2, 0) is 4.79 Å². The second-order valence-electron chi connectivity index (χ2n) is 5.99. The summed E-state index contributed by atoms with van der Waals surface area (Å²) >= 11 is 0. The van der Waals surface area contributed by atoms with Gasteiger partial charge in [0.15, 0.2) is 0 Å². The zero-order valence-electron chi connectivity index (χ0n) is 12.8. The predicted molar refractivity (Wildman–Crippen MR) is 83.3 cm³/mol. The fraction of sp³-hybridized carbons (Fsp3) is 0.500. The fourth-order valence-electron chi connectivity index (χ4n) is 2.31. The number of carbonyl (C=O) groups is 2. The lowest BCUT2D eigenvalue weighted by Crippen LogP contribution is -2.44. The van der Waals surface area contributed by atoms with E-state index < -0.39 is 0 Å². The predicted octanol–water partition coefficient (Wildman–Crippen LogP) is 2.06. The van der Waals surface area contributed by atoms with Crippen LogP contribution in [0.25, 0.3) is 0 Å². The van der Waals surface area contributed by atoms with Crippen molar-refractivity contribution in [2.24, 2.45) is 5.92 Å². The van der Waals surface area contributed by atoms with Crippen LogP contribution in [0.4, 0.5) is 10.5 Å². The SMILES string of the molecule is Cc1ccc(N2CC(NC(=O)NCC(C)C)CC2=O)cc1. The normalized spacial score (nSPS) is 18.2. The molecule has 2 N–H and O–H groups in total. The molecule has 1 aliphatic rings. The van der Waals surface area contributed by atoms with Crippen molar-refractivity contribution < 1.29 is 9.59 Å². The first-order chi connectivity index (χ1) is 9.95. The minimum atomic E-state index is -0.202. The number of nitrogens with zero attached hydrogens (tertiary/aromatic N) is 1. The van der Waals surface area contributed by atoms with Gasteiger partial charge in [0, 0.05) is 25.2 Å². The summed E-state index contributed by atoms with van der Waals surface area (Å²) in [6.45, 7) is 7.25. The molecule has 1 fully saturated rings. The summed E-state index contributed by atoms with van der Waals surface area (Å²) < 4.78 is 0. The molecule has 3 amide bonds. The van der Waals surface area contributed by atoms with Gasteiger partial charge < -0.3 is 15.5 Å². The van der Waals surface area contributed by atoms with E-state index in [1.807, 2.05) is 45.0 Å². The molecule has 1 unspecified atom stereocenters. The number of urea groups is 1. The molecule has 0 aliphatic carbocycles. The van der Waals surface area contributed by atoms with Gasteiger partial charge in [-0.05, 0) is 25.0 Å². The zero-order valence-corrected chi connectivity index (χ0v) is 12.8. The molecule has 1 aliphatic heterocycles. The Morgan fingerprint density at radius 1 is 1.33 bits per heavy atom. The molecule has 1 saturated heterocycles. The van der Waals surface area contributed by atoms with E-state index in [2.05, 4.69) is 10.6 Å². The highest BCUT2D eigenvalue weighted by Gasteiger charge is 2.31. The lowest BCUT2D eigenvalue weighted by molar-refractivity contribution is -0.117. The van der Waals surface area contributed by atoms with E-state index in [-0.39, 0.29) is 18.0 Å². The third-order valence-corrected chi connectivity index (χ3v) is 3.48. The van der Waals surface area contributed by atoms with Crippen molar-refractivity contribution in [3.05, 3.63) is 29.8 Å². The Hall–Kier alpha value is -2.04. The molecule has 5 heteroatoms. The fourth-order valence-corrected chi connectivity index (χ4v) is 2.31. The Morgan fingerprint density at radius 3 is 2.62 bits per heavy atom. The van der Waals surface area contributed by atoms with Gasteiger partial charge in [-0.2, -0.15) is 0 Å². The van der Waals surface area contributed by atoms with Crippen molar-refractivity contribution in [3.8, 4) is 0 Å². The molecule has 1 atom stereocenters. The Balaban J connectivity index is 1.90. The average Bonchev–Trinajstić information content (AvgIpc) is 2.78. The van der Waals surface area contributed by atoms with Gasteiger partial charge in [-0.3, -0.25) is 4.79 Å². The molecule has 0 bridgehead atoms. The van der Waals surface area contributed by atoms with Crippen LogP contribution in [0.2, 0.25) is 0 Å². The molecule has 0 aromatic heterocycles. The summed E-state index contributed by atoms with van der Waals surface area (Å²) in [4.78, 5) is 25.5. The first-order valence-corrected chi connectivity index (χ1v) is 7.37. The first kappa shape index (κ1) is 15.4. The van der Waals surface area contributed by atoms with Gasteiger partial charge in [-0.1, -0.05) is 31.5 Å². The smallest absolute Gasteiger partial charge is 0.315 e. The quantitative estimate of drug-likeness (QED) is 0.891. The summed E-state index contributed by atoms with van der Waals surface area (Å²) in [7, 11) is 0. The number of aryl methyl sites for hydroxylation is 1. The number of hydrogen-bond acceptors (Lipinski definition) is 2. The van der Waals surface area contributed by atoms with Gasteiger partial charge in [0.1, 0.15) is 0 Å². The Labute approximate surface area is 125 Å². The lowest BCUT2D eigenvalue weighted by Gasteiger charge is -2.18. The van der Waals surface area contributed by atoms with Crippen LogP contribution in [0.3, 0.4) is 0 Å². The molecule has 0 saturated carbocycles. The number of nitrogens with one attached hydrogen (secondary N) is 2. The topological polar surface area (TPSA) is 61.4 Å². The molecule has 1 aromatic carbocycles. The van der Waals surface area contributed by atoms with Crippen molar-refractivity contribution in [3.63, 3.8) is 0 Å². The molecule has 1 aromatic rings. The van der Waals surface area contributed by atoms with Crippen LogP contribution in [0.1, 0.15) is 25.8 Å². The van der Waals surface area contributed by atoms with Crippen molar-refractivity contribution in [2.75, 3.05) is 18.0 Å². The van der Waals surface area contributed by atoms with E-state index in [0.717, 1.165) is 11.3 Å². The summed E-state index contributed by atoms with van der Waals surface area (Å²) in [5.74, 6) is 0.457. The Morgan fingerprint density at radius 2 is 2.00 bits per heavy atom. The minimum Gasteiger partial charge on any atom is -0.338 e. The number of hydrogen-bond donors (Lipinski definition) is 2. The standard InChI is InChI=1S/C16H23N3O2/c1-11(2)9-17-16(21)18-13-8-15(20)19(10-13)14-6-4-12(3)5-7-14/h4-7,11,13H,8-10H2,1-3H3,(H2,17,18,21).